The molecule has 1 aromatic carbocycles. The molecular weight excluding hydrogens is 256 g/mol. The van der Waals surface area contributed by atoms with Crippen LogP contribution in [-0.4, -0.2) is 18.9 Å². The summed E-state index contributed by atoms with van der Waals surface area (Å²) in [5, 5.41) is 3.38. The molecule has 0 atom stereocenters. The van der Waals surface area contributed by atoms with Gasteiger partial charge in [-0.3, -0.25) is 4.99 Å². The van der Waals surface area contributed by atoms with Crippen LogP contribution >= 0.6 is 0 Å². The van der Waals surface area contributed by atoms with Crippen molar-refractivity contribution in [1.29, 1.82) is 0 Å². The molecule has 0 fully saturated rings. The minimum atomic E-state index is 0.890. The van der Waals surface area contributed by atoms with Crippen molar-refractivity contribution in [3.8, 4) is 0 Å². The van der Waals surface area contributed by atoms with Gasteiger partial charge in [0.25, 0.3) is 0 Å². The molecule has 1 aromatic rings. The number of rotatable bonds is 4. The summed E-state index contributed by atoms with van der Waals surface area (Å²) in [5.74, 6) is 1.06. The summed E-state index contributed by atoms with van der Waals surface area (Å²) in [4.78, 5) is 4.56. The predicted octanol–water partition coefficient (Wildman–Crippen LogP) is 3.80. The van der Waals surface area contributed by atoms with Gasteiger partial charge >= 0.3 is 0 Å². The second kappa shape index (κ2) is 6.57. The summed E-state index contributed by atoms with van der Waals surface area (Å²) in [6, 6.07) is 8.62. The molecule has 0 radical (unpaired) electrons. The van der Waals surface area contributed by atoms with Gasteiger partial charge in [0.2, 0.25) is 0 Å². The van der Waals surface area contributed by atoms with Crippen molar-refractivity contribution >= 4 is 5.84 Å². The minimum absolute atomic E-state index is 0.890. The van der Waals surface area contributed by atoms with Crippen LogP contribution in [0.3, 0.4) is 0 Å². The Bertz CT molecular complexity index is 633. The Balaban J connectivity index is 1.75. The lowest BCUT2D eigenvalue weighted by Gasteiger charge is -2.10. The summed E-state index contributed by atoms with van der Waals surface area (Å²) in [6.45, 7) is 4.05. The quantitative estimate of drug-likeness (QED) is 0.890. The lowest BCUT2D eigenvalue weighted by atomic mass is 9.98. The fourth-order valence-electron chi connectivity index (χ4n) is 2.85. The molecule has 0 unspecified atom stereocenters. The van der Waals surface area contributed by atoms with Crippen LogP contribution in [0, 0.1) is 0 Å². The van der Waals surface area contributed by atoms with Crippen molar-refractivity contribution in [3.63, 3.8) is 0 Å². The predicted molar refractivity (Wildman–Crippen MR) is 89.8 cm³/mol. The number of nitrogens with zero attached hydrogens (tertiary/aromatic N) is 1. The van der Waals surface area contributed by atoms with E-state index in [0.717, 1.165) is 38.2 Å². The van der Waals surface area contributed by atoms with Gasteiger partial charge in [-0.25, -0.2) is 0 Å². The monoisotopic (exact) mass is 278 g/mol. The molecular formula is C19H22N2. The second-order valence-electron chi connectivity index (χ2n) is 5.68. The van der Waals surface area contributed by atoms with Crippen LogP contribution in [0.15, 0.2) is 64.7 Å². The largest absolute Gasteiger partial charge is 0.368 e. The summed E-state index contributed by atoms with van der Waals surface area (Å²) in [5.41, 5.74) is 5.49. The van der Waals surface area contributed by atoms with Gasteiger partial charge in [0, 0.05) is 12.1 Å². The van der Waals surface area contributed by atoms with E-state index in [0.29, 0.717) is 0 Å². The molecule has 0 spiro atoms. The first-order chi connectivity index (χ1) is 10.3. The van der Waals surface area contributed by atoms with Crippen LogP contribution in [-0.2, 0) is 6.42 Å². The zero-order valence-corrected chi connectivity index (χ0v) is 12.6. The molecule has 2 nitrogen and oxygen atoms in total. The van der Waals surface area contributed by atoms with Crippen LogP contribution in [0.25, 0.3) is 0 Å². The number of nitrogens with one attached hydrogen (secondary N) is 1. The highest BCUT2D eigenvalue weighted by molar-refractivity contribution is 6.01. The van der Waals surface area contributed by atoms with Crippen molar-refractivity contribution in [2.24, 2.45) is 4.99 Å². The van der Waals surface area contributed by atoms with Crippen LogP contribution in [0.4, 0.5) is 0 Å². The Hall–Kier alpha value is -2.09. The SMILES string of the molecule is CC1=CC(CCc2ccccc2C2=NCCN2)=CC=CC1. The fraction of sp³-hybridized carbons (Fsp3) is 0.316. The Morgan fingerprint density at radius 2 is 2.10 bits per heavy atom. The van der Waals surface area contributed by atoms with E-state index in [4.69, 9.17) is 0 Å². The van der Waals surface area contributed by atoms with Gasteiger partial charge in [-0.1, -0.05) is 54.1 Å². The molecule has 2 aliphatic rings. The number of hydrogen-bond donors (Lipinski definition) is 1. The zero-order valence-electron chi connectivity index (χ0n) is 12.6. The van der Waals surface area contributed by atoms with E-state index in [2.05, 4.69) is 65.8 Å². The molecule has 1 aliphatic carbocycles. The van der Waals surface area contributed by atoms with Crippen molar-refractivity contribution in [3.05, 3.63) is 70.8 Å². The van der Waals surface area contributed by atoms with E-state index < -0.39 is 0 Å². The number of benzene rings is 1. The summed E-state index contributed by atoms with van der Waals surface area (Å²) in [6.07, 6.45) is 12.2. The third kappa shape index (κ3) is 3.52. The van der Waals surface area contributed by atoms with Crippen molar-refractivity contribution in [2.75, 3.05) is 13.1 Å². The summed E-state index contributed by atoms with van der Waals surface area (Å²) >= 11 is 0. The number of allylic oxidation sites excluding steroid dienone is 6. The molecule has 1 heterocycles. The zero-order chi connectivity index (χ0) is 14.5. The van der Waals surface area contributed by atoms with Gasteiger partial charge in [-0.05, 0) is 37.3 Å². The van der Waals surface area contributed by atoms with Crippen LogP contribution in [0.5, 0.6) is 0 Å². The number of aliphatic imine (C=N–C) groups is 1. The van der Waals surface area contributed by atoms with E-state index in [1.54, 1.807) is 0 Å². The lowest BCUT2D eigenvalue weighted by molar-refractivity contribution is 0.947. The molecule has 21 heavy (non-hydrogen) atoms. The molecule has 0 aromatic heterocycles. The van der Waals surface area contributed by atoms with Gasteiger partial charge in [0.15, 0.2) is 0 Å². The maximum atomic E-state index is 4.56. The normalized spacial score (nSPS) is 17.7. The molecule has 0 saturated carbocycles. The Morgan fingerprint density at radius 1 is 1.19 bits per heavy atom. The third-order valence-electron chi connectivity index (χ3n) is 3.95. The molecule has 0 saturated heterocycles. The van der Waals surface area contributed by atoms with Gasteiger partial charge in [-0.15, -0.1) is 0 Å². The first kappa shape index (κ1) is 13.9. The molecule has 0 amide bonds. The van der Waals surface area contributed by atoms with Gasteiger partial charge < -0.3 is 5.32 Å². The topological polar surface area (TPSA) is 24.4 Å². The van der Waals surface area contributed by atoms with Crippen LogP contribution in [0.1, 0.15) is 30.9 Å². The van der Waals surface area contributed by atoms with E-state index in [-0.39, 0.29) is 0 Å². The Kier molecular flexibility index (Phi) is 4.34. The van der Waals surface area contributed by atoms with E-state index >= 15 is 0 Å². The van der Waals surface area contributed by atoms with Crippen molar-refractivity contribution in [2.45, 2.75) is 26.2 Å². The standard InChI is InChI=1S/C19H22N2/c1-15-6-2-3-7-16(14-15)10-11-17-8-4-5-9-18(17)19-20-12-13-21-19/h2-5,7-9,14H,6,10-13H2,1H3,(H,20,21). The maximum absolute atomic E-state index is 4.56. The average molecular weight is 278 g/mol. The average Bonchev–Trinajstić information content (AvgIpc) is 2.95. The molecule has 2 heteroatoms. The van der Waals surface area contributed by atoms with Crippen molar-refractivity contribution in [1.82, 2.24) is 5.32 Å². The number of hydrogen-bond acceptors (Lipinski definition) is 2. The lowest BCUT2D eigenvalue weighted by Crippen LogP contribution is -2.20. The highest BCUT2D eigenvalue weighted by Gasteiger charge is 2.12. The Morgan fingerprint density at radius 3 is 2.95 bits per heavy atom. The van der Waals surface area contributed by atoms with Gasteiger partial charge in [0.05, 0.1) is 6.54 Å². The number of aryl methyl sites for hydroxylation is 1. The van der Waals surface area contributed by atoms with Gasteiger partial charge in [-0.2, -0.15) is 0 Å². The van der Waals surface area contributed by atoms with E-state index in [1.807, 2.05) is 0 Å². The maximum Gasteiger partial charge on any atom is 0.128 e. The minimum Gasteiger partial charge on any atom is -0.368 e. The molecule has 0 bridgehead atoms. The first-order valence-corrected chi connectivity index (χ1v) is 7.72. The number of amidine groups is 1. The highest BCUT2D eigenvalue weighted by Crippen LogP contribution is 2.19. The smallest absolute Gasteiger partial charge is 0.128 e. The molecule has 1 N–H and O–H groups in total. The fourth-order valence-corrected chi connectivity index (χ4v) is 2.85. The molecule has 108 valence electrons. The Labute approximate surface area is 127 Å². The van der Waals surface area contributed by atoms with Crippen LogP contribution < -0.4 is 5.32 Å². The second-order valence-corrected chi connectivity index (χ2v) is 5.68. The van der Waals surface area contributed by atoms with E-state index in [1.165, 1.54) is 22.3 Å². The molecule has 3 rings (SSSR count). The van der Waals surface area contributed by atoms with E-state index in [9.17, 15) is 0 Å². The molecule has 1 aliphatic heterocycles. The highest BCUT2D eigenvalue weighted by atomic mass is 15.1. The summed E-state index contributed by atoms with van der Waals surface area (Å²) in [7, 11) is 0. The first-order valence-electron chi connectivity index (χ1n) is 7.72. The summed E-state index contributed by atoms with van der Waals surface area (Å²) < 4.78 is 0. The van der Waals surface area contributed by atoms with Crippen molar-refractivity contribution < 1.29 is 0 Å². The van der Waals surface area contributed by atoms with Gasteiger partial charge in [0.1, 0.15) is 5.84 Å². The van der Waals surface area contributed by atoms with Crippen LogP contribution in [0.2, 0.25) is 0 Å². The third-order valence-corrected chi connectivity index (χ3v) is 3.95.